The van der Waals surface area contributed by atoms with Gasteiger partial charge in [-0.1, -0.05) is 30.3 Å². The van der Waals surface area contributed by atoms with Crippen molar-refractivity contribution in [3.63, 3.8) is 0 Å². The van der Waals surface area contributed by atoms with Crippen LogP contribution in [-0.4, -0.2) is 168 Å². The number of imide groups is 1. The Hall–Kier alpha value is -3.35. The van der Waals surface area contributed by atoms with Gasteiger partial charge in [0.2, 0.25) is 0 Å². The van der Waals surface area contributed by atoms with Gasteiger partial charge in [-0.15, -0.1) is 0 Å². The molecule has 3 rings (SSSR count). The summed E-state index contributed by atoms with van der Waals surface area (Å²) in [4.78, 5) is 37.6. The third kappa shape index (κ3) is 18.9. The number of amides is 2. The number of ether oxygens (including phenoxy) is 11. The van der Waals surface area contributed by atoms with Crippen LogP contribution in [0.4, 0.5) is 0 Å². The number of fused-ring (bicyclic) bond motifs is 1. The van der Waals surface area contributed by atoms with Crippen LogP contribution >= 0.6 is 0 Å². The van der Waals surface area contributed by atoms with Crippen molar-refractivity contribution in [2.24, 2.45) is 0 Å². The lowest BCUT2D eigenvalue weighted by molar-refractivity contribution is -0.0272. The highest BCUT2D eigenvalue weighted by atomic mass is 16.6. The minimum atomic E-state index is -0.363. The van der Waals surface area contributed by atoms with Gasteiger partial charge in [0, 0.05) is 0 Å². The van der Waals surface area contributed by atoms with E-state index in [0.717, 1.165) is 0 Å². The molecule has 0 radical (unpaired) electrons. The highest BCUT2D eigenvalue weighted by Gasteiger charge is 2.34. The predicted molar refractivity (Wildman–Crippen MR) is 187 cm³/mol. The molecule has 0 bridgehead atoms. The summed E-state index contributed by atoms with van der Waals surface area (Å²) in [6, 6.07) is 15.6. The monoisotopic (exact) mass is 735 g/mol. The zero-order valence-corrected chi connectivity index (χ0v) is 29.9. The van der Waals surface area contributed by atoms with Crippen LogP contribution in [-0.2, 0) is 52.1 Å². The van der Waals surface area contributed by atoms with Crippen molar-refractivity contribution in [2.75, 3.05) is 145 Å². The van der Waals surface area contributed by atoms with E-state index in [0.29, 0.717) is 142 Å². The van der Waals surface area contributed by atoms with Crippen molar-refractivity contribution in [2.45, 2.75) is 0 Å². The lowest BCUT2D eigenvalue weighted by Gasteiger charge is -2.13. The highest BCUT2D eigenvalue weighted by Crippen LogP contribution is 2.21. The molecule has 1 heterocycles. The second kappa shape index (κ2) is 29.1. The van der Waals surface area contributed by atoms with Gasteiger partial charge in [-0.3, -0.25) is 14.5 Å². The molecule has 0 aliphatic carbocycles. The SMILES string of the molecule is O=C(OCCOCCOCCOCCOCCOCCOCCOCCOCCOCCOCCN1C(=O)c2ccccc2C1=O)c1ccccc1. The minimum Gasteiger partial charge on any atom is -0.460 e. The molecule has 0 saturated heterocycles. The standard InChI is InChI=1S/C37H53NO14/c39-35-33-8-4-5-9-34(33)36(40)38(35)10-11-42-12-13-43-14-15-44-16-17-45-18-19-46-20-21-47-22-23-48-24-25-49-26-27-50-28-29-51-30-31-52-37(41)32-6-2-1-3-7-32/h1-9H,10-31H2. The zero-order chi connectivity index (χ0) is 36.7. The molecule has 0 aromatic heterocycles. The number of nitrogens with zero attached hydrogens (tertiary/aromatic N) is 1. The quantitative estimate of drug-likeness (QED) is 0.0586. The lowest BCUT2D eigenvalue weighted by Crippen LogP contribution is -2.33. The molecule has 0 N–H and O–H groups in total. The number of esters is 1. The molecule has 15 heteroatoms. The summed E-state index contributed by atoms with van der Waals surface area (Å²) in [6.45, 7) is 9.03. The van der Waals surface area contributed by atoms with Crippen molar-refractivity contribution in [3.8, 4) is 0 Å². The maximum absolute atomic E-state index is 12.3. The first kappa shape index (κ1) is 43.1. The van der Waals surface area contributed by atoms with Crippen LogP contribution in [0.15, 0.2) is 54.6 Å². The zero-order valence-electron chi connectivity index (χ0n) is 29.9. The molecule has 2 aromatic rings. The average Bonchev–Trinajstić information content (AvgIpc) is 3.41. The molecule has 0 saturated carbocycles. The molecular weight excluding hydrogens is 682 g/mol. The Labute approximate surface area is 305 Å². The van der Waals surface area contributed by atoms with Gasteiger partial charge >= 0.3 is 5.97 Å². The van der Waals surface area contributed by atoms with Crippen molar-refractivity contribution in [1.82, 2.24) is 4.90 Å². The molecular formula is C37H53NO14. The van der Waals surface area contributed by atoms with Gasteiger partial charge in [-0.05, 0) is 24.3 Å². The first-order chi connectivity index (χ1) is 25.7. The summed E-state index contributed by atoms with van der Waals surface area (Å²) in [6.07, 6.45) is 0. The van der Waals surface area contributed by atoms with E-state index < -0.39 is 0 Å². The fourth-order valence-corrected chi connectivity index (χ4v) is 4.53. The van der Waals surface area contributed by atoms with E-state index in [9.17, 15) is 14.4 Å². The van der Waals surface area contributed by atoms with E-state index in [1.807, 2.05) is 6.07 Å². The Morgan fingerprint density at radius 1 is 0.385 bits per heavy atom. The van der Waals surface area contributed by atoms with Crippen LogP contribution in [0.1, 0.15) is 31.1 Å². The van der Waals surface area contributed by atoms with Gasteiger partial charge in [0.1, 0.15) is 6.61 Å². The summed E-state index contributed by atoms with van der Waals surface area (Å²) in [7, 11) is 0. The second-order valence-electron chi connectivity index (χ2n) is 10.9. The van der Waals surface area contributed by atoms with Crippen LogP contribution in [0.5, 0.6) is 0 Å². The van der Waals surface area contributed by atoms with Gasteiger partial charge < -0.3 is 52.1 Å². The van der Waals surface area contributed by atoms with Crippen LogP contribution in [0.3, 0.4) is 0 Å². The Balaban J connectivity index is 0.919. The normalized spacial score (nSPS) is 12.5. The van der Waals surface area contributed by atoms with Crippen molar-refractivity contribution >= 4 is 17.8 Å². The number of carbonyl (C=O) groups excluding carboxylic acids is 3. The highest BCUT2D eigenvalue weighted by molar-refractivity contribution is 6.21. The van der Waals surface area contributed by atoms with Gasteiger partial charge in [0.25, 0.3) is 11.8 Å². The molecule has 290 valence electrons. The van der Waals surface area contributed by atoms with Crippen LogP contribution in [0.25, 0.3) is 0 Å². The summed E-state index contributed by atoms with van der Waals surface area (Å²) in [5, 5.41) is 0. The fourth-order valence-electron chi connectivity index (χ4n) is 4.53. The van der Waals surface area contributed by atoms with Crippen molar-refractivity contribution in [1.29, 1.82) is 0 Å². The maximum atomic E-state index is 12.3. The van der Waals surface area contributed by atoms with Crippen LogP contribution in [0, 0.1) is 0 Å². The minimum absolute atomic E-state index is 0.193. The lowest BCUT2D eigenvalue weighted by atomic mass is 10.1. The van der Waals surface area contributed by atoms with Gasteiger partial charge in [-0.2, -0.15) is 0 Å². The Morgan fingerprint density at radius 2 is 0.673 bits per heavy atom. The molecule has 1 aliphatic heterocycles. The van der Waals surface area contributed by atoms with Gasteiger partial charge in [0.05, 0.1) is 155 Å². The first-order valence-electron chi connectivity index (χ1n) is 17.6. The molecule has 52 heavy (non-hydrogen) atoms. The molecule has 2 aromatic carbocycles. The van der Waals surface area contributed by atoms with E-state index in [-0.39, 0.29) is 37.5 Å². The summed E-state index contributed by atoms with van der Waals surface area (Å²) in [5.41, 5.74) is 1.39. The van der Waals surface area contributed by atoms with Gasteiger partial charge in [0.15, 0.2) is 0 Å². The first-order valence-corrected chi connectivity index (χ1v) is 17.6. The summed E-state index contributed by atoms with van der Waals surface area (Å²) >= 11 is 0. The van der Waals surface area contributed by atoms with Gasteiger partial charge in [-0.25, -0.2) is 4.79 Å². The number of rotatable bonds is 34. The summed E-state index contributed by atoms with van der Waals surface area (Å²) < 4.78 is 59.8. The molecule has 0 unspecified atom stereocenters. The smallest absolute Gasteiger partial charge is 0.338 e. The predicted octanol–water partition coefficient (Wildman–Crippen LogP) is 2.31. The van der Waals surface area contributed by atoms with E-state index in [1.54, 1.807) is 48.5 Å². The largest absolute Gasteiger partial charge is 0.460 e. The Bertz CT molecular complexity index is 1200. The van der Waals surface area contributed by atoms with E-state index in [4.69, 9.17) is 52.1 Å². The molecule has 0 spiro atoms. The number of hydrogen-bond donors (Lipinski definition) is 0. The maximum Gasteiger partial charge on any atom is 0.338 e. The fraction of sp³-hybridized carbons (Fsp3) is 0.595. The van der Waals surface area contributed by atoms with Crippen molar-refractivity contribution in [3.05, 3.63) is 71.3 Å². The Morgan fingerprint density at radius 3 is 1.02 bits per heavy atom. The van der Waals surface area contributed by atoms with Crippen molar-refractivity contribution < 1.29 is 66.5 Å². The van der Waals surface area contributed by atoms with E-state index in [1.165, 1.54) is 4.90 Å². The third-order valence-electron chi connectivity index (χ3n) is 7.16. The molecule has 0 atom stereocenters. The molecule has 0 fully saturated rings. The molecule has 15 nitrogen and oxygen atoms in total. The van der Waals surface area contributed by atoms with E-state index in [2.05, 4.69) is 0 Å². The molecule has 2 amide bonds. The average molecular weight is 736 g/mol. The summed E-state index contributed by atoms with van der Waals surface area (Å²) in [5.74, 6) is -0.927. The second-order valence-corrected chi connectivity index (χ2v) is 10.9. The molecule has 1 aliphatic rings. The number of carbonyl (C=O) groups is 3. The topological polar surface area (TPSA) is 156 Å². The van der Waals surface area contributed by atoms with E-state index >= 15 is 0 Å². The van der Waals surface area contributed by atoms with Crippen LogP contribution < -0.4 is 0 Å². The third-order valence-corrected chi connectivity index (χ3v) is 7.16. The van der Waals surface area contributed by atoms with Crippen LogP contribution in [0.2, 0.25) is 0 Å². The number of benzene rings is 2. The Kier molecular flexibility index (Phi) is 24.1. The number of hydrogen-bond acceptors (Lipinski definition) is 14.